The van der Waals surface area contributed by atoms with E-state index in [1.54, 1.807) is 38.3 Å². The number of hydrogen-bond acceptors (Lipinski definition) is 14. The van der Waals surface area contributed by atoms with Crippen LogP contribution < -0.4 is 28.5 Å². The predicted octanol–water partition coefficient (Wildman–Crippen LogP) is 15.3. The smallest absolute Gasteiger partial charge is 0.335 e. The second-order valence-electron chi connectivity index (χ2n) is 29.8. The molecule has 0 fully saturated rings. The maximum atomic E-state index is 10.8. The van der Waals surface area contributed by atoms with Crippen LogP contribution in [0.2, 0.25) is 42.8 Å². The minimum atomic E-state index is -1.73. The fourth-order valence-electron chi connectivity index (χ4n) is 6.65. The monoisotopic (exact) mass is 1320 g/mol. The number of rotatable bonds is 11. The molecule has 23 heteroatoms. The van der Waals surface area contributed by atoms with Crippen LogP contribution in [-0.4, -0.2) is 87.2 Å². The van der Waals surface area contributed by atoms with E-state index in [0.717, 1.165) is 39.7 Å². The fraction of sp³-hybridized carbons (Fsp3) is 0.464. The van der Waals surface area contributed by atoms with Crippen molar-refractivity contribution in [2.24, 2.45) is 11.3 Å². The van der Waals surface area contributed by atoms with Crippen LogP contribution >= 0.6 is 12.4 Å². The quantitative estimate of drug-likeness (QED) is 0.0339. The third-order valence-corrected chi connectivity index (χ3v) is 24.4. The van der Waals surface area contributed by atoms with Gasteiger partial charge < -0.3 is 42.4 Å². The number of hydrazine groups is 1. The van der Waals surface area contributed by atoms with Crippen LogP contribution in [0.4, 0.5) is 23.1 Å². The molecule has 92 heavy (non-hydrogen) atoms. The molecule has 3 aromatic heterocycles. The number of Topliss-reactive ketones (excluding diaryl/α,β-unsaturated/α-hetero) is 1. The zero-order chi connectivity index (χ0) is 69.3. The Kier molecular flexibility index (Phi) is 31.6. The van der Waals surface area contributed by atoms with Gasteiger partial charge >= 0.3 is 11.9 Å². The van der Waals surface area contributed by atoms with Gasteiger partial charge in [0.25, 0.3) is 0 Å². The molecular formula is C69H107BClN12O7Si2. The first kappa shape index (κ1) is 84.5. The number of aromatic carboxylic acids is 2. The highest BCUT2D eigenvalue weighted by Gasteiger charge is 2.37. The van der Waals surface area contributed by atoms with Crippen LogP contribution in [0.3, 0.4) is 0 Å². The Morgan fingerprint density at radius 2 is 0.826 bits per heavy atom. The van der Waals surface area contributed by atoms with Crippen LogP contribution in [-0.2, 0) is 38.7 Å². The van der Waals surface area contributed by atoms with Gasteiger partial charge in [0.15, 0.2) is 14.1 Å². The SMILES string of the molecule is CC(C)(C)C(=O)CC#N.CC(C)(C)[Si](C)(C)C.CC(C)(C)c1cc(N)n(-c2ccc(C(=O)O)cc2)n1.CC(C)(C)c1cc(N)n(-c2ccc(CO)cc2)n1.CC(C)(C)c1cc(N)n(-c2ccc(CO[Si](C)(C)C(C)(C)C)cc2)n1.Cl.NNc1ccc(C(=O)O)cc1.[B]. The van der Waals surface area contributed by atoms with E-state index in [4.69, 9.17) is 48.1 Å². The maximum absolute atomic E-state index is 10.8. The number of ketones is 1. The van der Waals surface area contributed by atoms with Crippen molar-refractivity contribution in [1.82, 2.24) is 29.3 Å². The van der Waals surface area contributed by atoms with Gasteiger partial charge in [0.1, 0.15) is 17.5 Å². The zero-order valence-corrected chi connectivity index (χ0v) is 61.8. The van der Waals surface area contributed by atoms with Gasteiger partial charge in [-0.1, -0.05) is 169 Å². The minimum absolute atomic E-state index is 0. The second-order valence-corrected chi connectivity index (χ2v) is 40.6. The highest BCUT2D eigenvalue weighted by molar-refractivity contribution is 6.78. The first-order chi connectivity index (χ1) is 41.0. The third kappa shape index (κ3) is 26.6. The average molecular weight is 1320 g/mol. The van der Waals surface area contributed by atoms with Crippen molar-refractivity contribution in [1.29, 1.82) is 5.26 Å². The van der Waals surface area contributed by atoms with Crippen LogP contribution in [0.25, 0.3) is 17.1 Å². The lowest BCUT2D eigenvalue weighted by atomic mass is 9.89. The number of carbonyl (C=O) groups is 3. The molecule has 0 saturated heterocycles. The number of aliphatic hydroxyl groups excluding tert-OH is 1. The molecule has 0 amide bonds. The molecule has 3 radical (unpaired) electrons. The lowest BCUT2D eigenvalue weighted by molar-refractivity contribution is -0.125. The van der Waals surface area contributed by atoms with Crippen molar-refractivity contribution in [3.05, 3.63) is 155 Å². The number of aliphatic hydroxyl groups is 1. The lowest BCUT2D eigenvalue weighted by Crippen LogP contribution is -2.40. The highest BCUT2D eigenvalue weighted by Crippen LogP contribution is 2.38. The van der Waals surface area contributed by atoms with E-state index in [1.165, 1.54) is 29.8 Å². The number of nitrogens with zero attached hydrogens (tertiary/aromatic N) is 7. The second kappa shape index (κ2) is 34.4. The molecule has 0 unspecified atom stereocenters. The number of nitriles is 1. The topological polar surface area (TPSA) is 314 Å². The number of anilines is 4. The van der Waals surface area contributed by atoms with Gasteiger partial charge in [0.05, 0.1) is 71.0 Å². The van der Waals surface area contributed by atoms with E-state index >= 15 is 0 Å². The van der Waals surface area contributed by atoms with Crippen LogP contribution in [0.1, 0.15) is 180 Å². The Labute approximate surface area is 558 Å². The molecule has 0 aliphatic carbocycles. The molecule has 0 aliphatic rings. The summed E-state index contributed by atoms with van der Waals surface area (Å²) in [5, 5.41) is 49.0. The van der Waals surface area contributed by atoms with Gasteiger partial charge in [-0.3, -0.25) is 10.6 Å². The number of benzene rings is 4. The molecule has 0 atom stereocenters. The van der Waals surface area contributed by atoms with Crippen molar-refractivity contribution >= 4 is 78.1 Å². The summed E-state index contributed by atoms with van der Waals surface area (Å²) in [5.41, 5.74) is 28.7. The molecule has 12 N–H and O–H groups in total. The summed E-state index contributed by atoms with van der Waals surface area (Å²) in [5.74, 6) is 5.02. The molecule has 7 rings (SSSR count). The highest BCUT2D eigenvalue weighted by atomic mass is 35.5. The minimum Gasteiger partial charge on any atom is -0.478 e. The van der Waals surface area contributed by atoms with Crippen molar-refractivity contribution in [2.45, 2.75) is 203 Å². The van der Waals surface area contributed by atoms with Crippen LogP contribution in [0.5, 0.6) is 0 Å². The standard InChI is InChI=1S/C20H33N3OSi.C14H17N3O2.C14H19N3O.C7H8N2O2.C7H11NO.C7H18Si.B.ClH/c1-19(2,3)17-13-18(21)23(22-17)16-11-9-15(10-12-16)14-24-25(7,8)20(4,5)6;1-14(2,3)11-8-12(15)17(16-11)10-6-4-9(5-7-10)13(18)19;1-14(2,3)12-8-13(15)17(16-12)11-6-4-10(9-18)5-7-11;8-9-6-3-1-5(2-4-6)7(10)11;1-7(2,3)6(9)4-5-8;1-7(2,3)8(4,5)6;;/h9-13H,14,21H2,1-8H3;4-8H,15H2,1-3H3,(H,18,19);4-8,18H,9,15H2,1-3H3;1-4,9H,8H2,(H,10,11);4H2,1-3H3;1-6H3;;1H. The molecule has 19 nitrogen and oxygen atoms in total. The summed E-state index contributed by atoms with van der Waals surface area (Å²) >= 11 is 0. The number of nitrogens with one attached hydrogen (secondary N) is 1. The summed E-state index contributed by atoms with van der Waals surface area (Å²) < 4.78 is 11.4. The average Bonchev–Trinajstić information content (AvgIpc) is 1.74. The third-order valence-electron chi connectivity index (χ3n) is 15.4. The number of nitrogen functional groups attached to an aromatic ring is 4. The van der Waals surface area contributed by atoms with Gasteiger partial charge in [-0.25, -0.2) is 23.6 Å². The van der Waals surface area contributed by atoms with Crippen molar-refractivity contribution in [3.63, 3.8) is 0 Å². The number of aromatic nitrogens is 6. The van der Waals surface area contributed by atoms with E-state index in [1.807, 2.05) is 69.3 Å². The number of hydrogen-bond donors (Lipinski definition) is 8. The number of carboxylic acid groups (broad SMARTS) is 2. The molecule has 0 spiro atoms. The van der Waals surface area contributed by atoms with Gasteiger partial charge in [0, 0.05) is 62.0 Å². The largest absolute Gasteiger partial charge is 0.478 e. The van der Waals surface area contributed by atoms with Crippen molar-refractivity contribution in [2.75, 3.05) is 22.6 Å². The van der Waals surface area contributed by atoms with Gasteiger partial charge in [-0.15, -0.1) is 12.4 Å². The zero-order valence-electron chi connectivity index (χ0n) is 59.0. The summed E-state index contributed by atoms with van der Waals surface area (Å²) in [4.78, 5) is 32.0. The Balaban J connectivity index is 0.00000112. The van der Waals surface area contributed by atoms with Gasteiger partial charge in [0.2, 0.25) is 0 Å². The van der Waals surface area contributed by atoms with E-state index in [9.17, 15) is 14.4 Å². The fourth-order valence-corrected chi connectivity index (χ4v) is 7.61. The van der Waals surface area contributed by atoms with Crippen LogP contribution in [0, 0.1) is 16.7 Å². The first-order valence-electron chi connectivity index (χ1n) is 30.0. The summed E-state index contributed by atoms with van der Waals surface area (Å²) in [6.07, 6.45) is 0.0312. The Bertz CT molecular complexity index is 3450. The van der Waals surface area contributed by atoms with Crippen LogP contribution in [0.15, 0.2) is 115 Å². The maximum Gasteiger partial charge on any atom is 0.335 e. The molecule has 0 saturated carbocycles. The molecule has 7 aromatic rings. The van der Waals surface area contributed by atoms with Gasteiger partial charge in [-0.05, 0) is 107 Å². The summed E-state index contributed by atoms with van der Waals surface area (Å²) in [7, 11) is -2.59. The van der Waals surface area contributed by atoms with E-state index in [0.29, 0.717) is 34.8 Å². The summed E-state index contributed by atoms with van der Waals surface area (Å²) in [6, 6.07) is 36.0. The number of nitrogens with two attached hydrogens (primary N) is 4. The molecule has 4 aromatic carbocycles. The molecular weight excluding hydrogens is 1210 g/mol. The lowest BCUT2D eigenvalue weighted by Gasteiger charge is -2.36. The predicted molar refractivity (Wildman–Crippen MR) is 387 cm³/mol. The normalized spacial score (nSPS) is 11.7. The Morgan fingerprint density at radius 1 is 0.533 bits per heavy atom. The first-order valence-corrected chi connectivity index (χ1v) is 36.4. The number of halogens is 1. The summed E-state index contributed by atoms with van der Waals surface area (Å²) in [6.45, 7) is 50.6. The van der Waals surface area contributed by atoms with Gasteiger partial charge in [-0.2, -0.15) is 20.6 Å². The van der Waals surface area contributed by atoms with E-state index < -0.39 is 28.3 Å². The number of carboxylic acids is 2. The molecule has 503 valence electrons. The van der Waals surface area contributed by atoms with Crippen molar-refractivity contribution in [3.8, 4) is 23.1 Å². The van der Waals surface area contributed by atoms with Crippen molar-refractivity contribution < 1.29 is 34.1 Å². The Morgan fingerprint density at radius 3 is 1.04 bits per heavy atom. The van der Waals surface area contributed by atoms with E-state index in [2.05, 4.69) is 182 Å². The van der Waals surface area contributed by atoms with E-state index in [-0.39, 0.29) is 77.5 Å². The molecule has 0 bridgehead atoms. The molecule has 3 heterocycles. The molecule has 0 aliphatic heterocycles. The Hall–Kier alpha value is -7.52. The number of carbonyl (C=O) groups excluding carboxylic acids is 1.